The van der Waals surface area contributed by atoms with E-state index in [1.54, 1.807) is 23.1 Å². The second-order valence-electron chi connectivity index (χ2n) is 7.29. The lowest BCUT2D eigenvalue weighted by Crippen LogP contribution is -2.09. The van der Waals surface area contributed by atoms with Gasteiger partial charge in [0.15, 0.2) is 11.0 Å². The molecule has 1 aliphatic rings. The van der Waals surface area contributed by atoms with Gasteiger partial charge >= 0.3 is 0 Å². The molecule has 6 nitrogen and oxygen atoms in total. The van der Waals surface area contributed by atoms with Crippen molar-refractivity contribution in [2.75, 3.05) is 0 Å². The van der Waals surface area contributed by atoms with Gasteiger partial charge in [-0.1, -0.05) is 59.6 Å². The first-order valence-corrected chi connectivity index (χ1v) is 12.1. The summed E-state index contributed by atoms with van der Waals surface area (Å²) in [5.74, 6) is 2.04. The van der Waals surface area contributed by atoms with Crippen molar-refractivity contribution in [3.63, 3.8) is 0 Å². The normalized spacial score (nSPS) is 15.7. The van der Waals surface area contributed by atoms with Crippen molar-refractivity contribution in [2.24, 2.45) is 0 Å². The molecule has 1 aliphatic carbocycles. The number of halogens is 1. The first-order valence-electron chi connectivity index (χ1n) is 9.94. The Morgan fingerprint density at radius 2 is 2.00 bits per heavy atom. The van der Waals surface area contributed by atoms with E-state index >= 15 is 0 Å². The van der Waals surface area contributed by atoms with Crippen LogP contribution in [0.15, 0.2) is 51.5 Å². The smallest absolute Gasteiger partial charge is 0.240 e. The monoisotopic (exact) mass is 457 g/mol. The van der Waals surface area contributed by atoms with Crippen molar-refractivity contribution in [3.05, 3.63) is 52.7 Å². The highest BCUT2D eigenvalue weighted by Gasteiger charge is 2.28. The van der Waals surface area contributed by atoms with E-state index in [0.29, 0.717) is 22.8 Å². The largest absolute Gasteiger partial charge is 0.338 e. The molecule has 1 atom stereocenters. The van der Waals surface area contributed by atoms with Crippen molar-refractivity contribution < 1.29 is 4.52 Å². The van der Waals surface area contributed by atoms with Gasteiger partial charge in [-0.05, 0) is 43.3 Å². The van der Waals surface area contributed by atoms with Crippen LogP contribution in [0.5, 0.6) is 0 Å². The van der Waals surface area contributed by atoms with E-state index in [-0.39, 0.29) is 5.25 Å². The van der Waals surface area contributed by atoms with Crippen molar-refractivity contribution in [1.29, 1.82) is 0 Å². The Morgan fingerprint density at radius 1 is 1.17 bits per heavy atom. The summed E-state index contributed by atoms with van der Waals surface area (Å²) in [6, 6.07) is 12.2. The Bertz CT molecular complexity index is 1130. The molecule has 0 saturated heterocycles. The molecule has 0 N–H and O–H groups in total. The van der Waals surface area contributed by atoms with E-state index in [4.69, 9.17) is 16.1 Å². The van der Waals surface area contributed by atoms with E-state index in [0.717, 1.165) is 34.3 Å². The lowest BCUT2D eigenvalue weighted by Gasteiger charge is -2.18. The Morgan fingerprint density at radius 3 is 2.77 bits per heavy atom. The maximum absolute atomic E-state index is 6.48. The Labute approximate surface area is 187 Å². The van der Waals surface area contributed by atoms with Crippen LogP contribution < -0.4 is 0 Å². The number of hydrogen-bond acceptors (Lipinski definition) is 7. The van der Waals surface area contributed by atoms with Gasteiger partial charge in [-0.25, -0.2) is 0 Å². The minimum atomic E-state index is -0.0466. The highest BCUT2D eigenvalue weighted by molar-refractivity contribution is 7.99. The summed E-state index contributed by atoms with van der Waals surface area (Å²) >= 11 is 9.67. The quantitative estimate of drug-likeness (QED) is 0.301. The molecule has 3 heterocycles. The summed E-state index contributed by atoms with van der Waals surface area (Å²) in [5.41, 5.74) is 0.913. The summed E-state index contributed by atoms with van der Waals surface area (Å²) < 4.78 is 7.80. The number of rotatable bonds is 6. The average molecular weight is 458 g/mol. The molecular formula is C21H20ClN5OS2. The highest BCUT2D eigenvalue weighted by Crippen LogP contribution is 2.41. The van der Waals surface area contributed by atoms with Crippen molar-refractivity contribution in [3.8, 4) is 22.1 Å². The van der Waals surface area contributed by atoms with Gasteiger partial charge in [0.05, 0.1) is 15.1 Å². The topological polar surface area (TPSA) is 69.6 Å². The van der Waals surface area contributed by atoms with Crippen LogP contribution in [0.25, 0.3) is 22.1 Å². The third-order valence-electron chi connectivity index (χ3n) is 5.28. The van der Waals surface area contributed by atoms with Crippen LogP contribution in [-0.2, 0) is 0 Å². The maximum Gasteiger partial charge on any atom is 0.240 e. The number of thioether (sulfide) groups is 1. The van der Waals surface area contributed by atoms with Gasteiger partial charge in [0, 0.05) is 11.6 Å². The minimum Gasteiger partial charge on any atom is -0.338 e. The molecule has 0 radical (unpaired) electrons. The second kappa shape index (κ2) is 8.53. The summed E-state index contributed by atoms with van der Waals surface area (Å²) in [4.78, 5) is 5.59. The first kappa shape index (κ1) is 19.8. The van der Waals surface area contributed by atoms with Crippen molar-refractivity contribution >= 4 is 34.7 Å². The van der Waals surface area contributed by atoms with Gasteiger partial charge in [-0.15, -0.1) is 21.5 Å². The van der Waals surface area contributed by atoms with Crippen LogP contribution in [0, 0.1) is 0 Å². The lowest BCUT2D eigenvalue weighted by molar-refractivity contribution is 0.380. The predicted molar refractivity (Wildman–Crippen MR) is 120 cm³/mol. The van der Waals surface area contributed by atoms with Crippen LogP contribution in [0.4, 0.5) is 0 Å². The SMILES string of the molecule is CC(Sc1nnc(-c2ccccc2Cl)n1C1CCCC1)c1nc(-c2cccs2)no1. The number of thiophene rings is 1. The van der Waals surface area contributed by atoms with Crippen molar-refractivity contribution in [1.82, 2.24) is 24.9 Å². The Balaban J connectivity index is 1.46. The number of nitrogens with zero attached hydrogens (tertiary/aromatic N) is 5. The van der Waals surface area contributed by atoms with Gasteiger partial charge in [0.1, 0.15) is 0 Å². The fraction of sp³-hybridized carbons (Fsp3) is 0.333. The van der Waals surface area contributed by atoms with E-state index in [1.807, 2.05) is 41.8 Å². The molecule has 5 rings (SSSR count). The predicted octanol–water partition coefficient (Wildman–Crippen LogP) is 6.68. The van der Waals surface area contributed by atoms with E-state index in [1.165, 1.54) is 12.8 Å². The Hall–Kier alpha value is -2.16. The standard InChI is InChI=1S/C21H20ClN5OS2/c1-13(20-23-18(26-28-20)17-11-6-12-29-17)30-21-25-24-19(15-9-4-5-10-16(15)22)27(21)14-7-2-3-8-14/h4-6,9-14H,2-3,7-8H2,1H3. The van der Waals surface area contributed by atoms with Crippen molar-refractivity contribution in [2.45, 2.75) is 49.1 Å². The number of aromatic nitrogens is 5. The first-order chi connectivity index (χ1) is 14.7. The molecule has 1 saturated carbocycles. The molecule has 0 aliphatic heterocycles. The third kappa shape index (κ3) is 3.79. The van der Waals surface area contributed by atoms with Crippen LogP contribution in [0.1, 0.15) is 49.8 Å². The molecule has 1 unspecified atom stereocenters. The molecule has 9 heteroatoms. The number of hydrogen-bond donors (Lipinski definition) is 0. The van der Waals surface area contributed by atoms with E-state index in [2.05, 4.69) is 31.8 Å². The molecule has 1 fully saturated rings. The molecule has 30 heavy (non-hydrogen) atoms. The van der Waals surface area contributed by atoms with Gasteiger partial charge in [0.25, 0.3) is 0 Å². The third-order valence-corrected chi connectivity index (χ3v) is 7.52. The minimum absolute atomic E-state index is 0.0466. The summed E-state index contributed by atoms with van der Waals surface area (Å²) in [6.07, 6.45) is 4.69. The maximum atomic E-state index is 6.48. The highest BCUT2D eigenvalue weighted by atomic mass is 35.5. The fourth-order valence-corrected chi connectivity index (χ4v) is 5.61. The average Bonchev–Trinajstić information content (AvgIpc) is 3.55. The van der Waals surface area contributed by atoms with E-state index < -0.39 is 0 Å². The molecule has 0 amide bonds. The second-order valence-corrected chi connectivity index (χ2v) is 9.95. The Kier molecular flexibility index (Phi) is 5.62. The molecule has 0 bridgehead atoms. The zero-order valence-electron chi connectivity index (χ0n) is 16.4. The molecule has 3 aromatic heterocycles. The van der Waals surface area contributed by atoms with Crippen LogP contribution in [0.2, 0.25) is 5.02 Å². The zero-order chi connectivity index (χ0) is 20.5. The van der Waals surface area contributed by atoms with Gasteiger partial charge in [-0.2, -0.15) is 4.98 Å². The fourth-order valence-electron chi connectivity index (χ4n) is 3.79. The summed E-state index contributed by atoms with van der Waals surface area (Å²) in [6.45, 7) is 2.05. The number of benzene rings is 1. The molecular weight excluding hydrogens is 438 g/mol. The van der Waals surface area contributed by atoms with Crippen LogP contribution in [-0.4, -0.2) is 24.9 Å². The molecule has 4 aromatic rings. The summed E-state index contributed by atoms with van der Waals surface area (Å²) in [5, 5.41) is 16.7. The van der Waals surface area contributed by atoms with Crippen LogP contribution >= 0.6 is 34.7 Å². The van der Waals surface area contributed by atoms with Gasteiger partial charge < -0.3 is 4.52 Å². The van der Waals surface area contributed by atoms with E-state index in [9.17, 15) is 0 Å². The zero-order valence-corrected chi connectivity index (χ0v) is 18.8. The summed E-state index contributed by atoms with van der Waals surface area (Å²) in [7, 11) is 0. The molecule has 154 valence electrons. The van der Waals surface area contributed by atoms with Gasteiger partial charge in [-0.3, -0.25) is 4.57 Å². The van der Waals surface area contributed by atoms with Crippen LogP contribution in [0.3, 0.4) is 0 Å². The molecule has 1 aromatic carbocycles. The molecule has 0 spiro atoms. The lowest BCUT2D eigenvalue weighted by atomic mass is 10.2. The van der Waals surface area contributed by atoms with Gasteiger partial charge in [0.2, 0.25) is 11.7 Å².